The van der Waals surface area contributed by atoms with Gasteiger partial charge in [0.05, 0.1) is 4.91 Å². The zero-order valence-electron chi connectivity index (χ0n) is 20.7. The minimum Gasteiger partial charge on any atom is -0.382 e. The van der Waals surface area contributed by atoms with Crippen LogP contribution in [0.3, 0.4) is 0 Å². The average molecular weight is 503 g/mol. The Morgan fingerprint density at radius 2 is 1.91 bits per heavy atom. The van der Waals surface area contributed by atoms with Gasteiger partial charge in [-0.25, -0.2) is 0 Å². The van der Waals surface area contributed by atoms with Crippen molar-refractivity contribution in [3.63, 3.8) is 0 Å². The molecular weight excluding hydrogens is 468 g/mol. The summed E-state index contributed by atoms with van der Waals surface area (Å²) in [5, 5.41) is 9.76. The number of ether oxygens (including phenoxy) is 1. The summed E-state index contributed by atoms with van der Waals surface area (Å²) in [4.78, 5) is 30.8. The number of hydrogen-bond acceptors (Lipinski definition) is 7. The van der Waals surface area contributed by atoms with E-state index in [1.54, 1.807) is 16.4 Å². The van der Waals surface area contributed by atoms with Gasteiger partial charge in [-0.2, -0.15) is 5.26 Å². The molecular formula is C25H34N4O3S2. The van der Waals surface area contributed by atoms with Gasteiger partial charge >= 0.3 is 0 Å². The first kappa shape index (κ1) is 26.5. The first-order valence-corrected chi connectivity index (χ1v) is 13.2. The summed E-state index contributed by atoms with van der Waals surface area (Å²) in [6.45, 7) is 13.9. The maximum absolute atomic E-state index is 13.2. The largest absolute Gasteiger partial charge is 0.382 e. The number of nitriles is 1. The number of amides is 1. The van der Waals surface area contributed by atoms with Crippen LogP contribution in [-0.4, -0.2) is 52.5 Å². The standard InChI is InChI=1S/C25H34N4O3S2/c1-6-28-22(27-14-16(3)11-17(4)15-27)19(18(5)20(13-26)23(28)30)12-21-24(31)29(25(33)34-21)9-8-10-32-7-2/h12,16-17H,6-11,14-15H2,1-5H3/b21-12+. The van der Waals surface area contributed by atoms with Crippen LogP contribution < -0.4 is 10.5 Å². The van der Waals surface area contributed by atoms with E-state index in [9.17, 15) is 14.9 Å². The molecule has 0 aliphatic carbocycles. The van der Waals surface area contributed by atoms with E-state index in [0.717, 1.165) is 30.9 Å². The fraction of sp³-hybridized carbons (Fsp3) is 0.600. The number of carbonyl (C=O) groups excluding carboxylic acids is 1. The van der Waals surface area contributed by atoms with E-state index < -0.39 is 0 Å². The number of aromatic nitrogens is 1. The van der Waals surface area contributed by atoms with Gasteiger partial charge in [0.2, 0.25) is 0 Å². The number of hydrogen-bond donors (Lipinski definition) is 0. The highest BCUT2D eigenvalue weighted by molar-refractivity contribution is 8.26. The number of pyridine rings is 1. The van der Waals surface area contributed by atoms with Crippen LogP contribution in [0.5, 0.6) is 0 Å². The highest BCUT2D eigenvalue weighted by Crippen LogP contribution is 2.37. The normalized spacial score (nSPS) is 22.1. The molecule has 0 radical (unpaired) electrons. The zero-order chi connectivity index (χ0) is 25.0. The molecule has 3 rings (SSSR count). The predicted molar refractivity (Wildman–Crippen MR) is 142 cm³/mol. The minimum atomic E-state index is -0.274. The second-order valence-electron chi connectivity index (χ2n) is 9.13. The van der Waals surface area contributed by atoms with Crippen LogP contribution in [0.15, 0.2) is 9.70 Å². The van der Waals surface area contributed by atoms with Gasteiger partial charge in [0, 0.05) is 45.0 Å². The number of rotatable bonds is 8. The molecule has 2 saturated heterocycles. The van der Waals surface area contributed by atoms with E-state index in [2.05, 4.69) is 24.8 Å². The van der Waals surface area contributed by atoms with E-state index in [0.29, 0.717) is 59.3 Å². The quantitative estimate of drug-likeness (QED) is 0.300. The molecule has 9 heteroatoms. The summed E-state index contributed by atoms with van der Waals surface area (Å²) in [6, 6.07) is 2.10. The highest BCUT2D eigenvalue weighted by atomic mass is 32.2. The molecule has 2 aliphatic rings. The summed E-state index contributed by atoms with van der Waals surface area (Å²) >= 11 is 6.77. The topological polar surface area (TPSA) is 78.6 Å². The first-order chi connectivity index (χ1) is 16.2. The molecule has 2 atom stereocenters. The van der Waals surface area contributed by atoms with Crippen LogP contribution in [0.1, 0.15) is 57.2 Å². The van der Waals surface area contributed by atoms with Gasteiger partial charge in [0.1, 0.15) is 21.8 Å². The van der Waals surface area contributed by atoms with Gasteiger partial charge < -0.3 is 9.64 Å². The summed E-state index contributed by atoms with van der Waals surface area (Å²) in [5.74, 6) is 1.63. The molecule has 0 saturated carbocycles. The van der Waals surface area contributed by atoms with Crippen molar-refractivity contribution in [2.24, 2.45) is 11.8 Å². The molecule has 2 fully saturated rings. The van der Waals surface area contributed by atoms with Crippen molar-refractivity contribution in [3.05, 3.63) is 31.9 Å². The highest BCUT2D eigenvalue weighted by Gasteiger charge is 2.33. The Labute approximate surface area is 211 Å². The molecule has 3 heterocycles. The molecule has 184 valence electrons. The lowest BCUT2D eigenvalue weighted by molar-refractivity contribution is -0.122. The van der Waals surface area contributed by atoms with Gasteiger partial charge in [0.15, 0.2) is 0 Å². The monoisotopic (exact) mass is 502 g/mol. The van der Waals surface area contributed by atoms with Crippen LogP contribution >= 0.6 is 24.0 Å². The Morgan fingerprint density at radius 3 is 2.50 bits per heavy atom. The smallest absolute Gasteiger partial charge is 0.270 e. The molecule has 34 heavy (non-hydrogen) atoms. The van der Waals surface area contributed by atoms with Crippen molar-refractivity contribution in [2.75, 3.05) is 37.7 Å². The summed E-state index contributed by atoms with van der Waals surface area (Å²) in [6.07, 6.45) is 3.68. The third-order valence-electron chi connectivity index (χ3n) is 6.35. The van der Waals surface area contributed by atoms with Crippen LogP contribution in [0, 0.1) is 30.1 Å². The third kappa shape index (κ3) is 5.40. The van der Waals surface area contributed by atoms with Gasteiger partial charge in [-0.1, -0.05) is 37.8 Å². The fourth-order valence-electron chi connectivity index (χ4n) is 4.91. The Hall–Kier alpha value is -2.15. The lowest BCUT2D eigenvalue weighted by Crippen LogP contribution is -2.42. The Bertz CT molecular complexity index is 1080. The number of thiocarbonyl (C=S) groups is 1. The fourth-order valence-corrected chi connectivity index (χ4v) is 6.20. The van der Waals surface area contributed by atoms with Crippen LogP contribution in [0.4, 0.5) is 5.82 Å². The molecule has 0 aromatic carbocycles. The Kier molecular flexibility index (Phi) is 8.96. The van der Waals surface area contributed by atoms with Crippen molar-refractivity contribution in [1.29, 1.82) is 5.26 Å². The van der Waals surface area contributed by atoms with Crippen molar-refractivity contribution < 1.29 is 9.53 Å². The van der Waals surface area contributed by atoms with Crippen molar-refractivity contribution in [2.45, 2.75) is 54.0 Å². The maximum atomic E-state index is 13.2. The molecule has 1 aromatic rings. The van der Waals surface area contributed by atoms with Crippen LogP contribution in [0.25, 0.3) is 6.08 Å². The molecule has 2 aliphatic heterocycles. The minimum absolute atomic E-state index is 0.127. The first-order valence-electron chi connectivity index (χ1n) is 12.0. The molecule has 0 N–H and O–H groups in total. The van der Waals surface area contributed by atoms with Crippen molar-refractivity contribution in [3.8, 4) is 6.07 Å². The SMILES string of the molecule is CCOCCCN1C(=O)/C(=C\c2c(C)c(C#N)c(=O)n(CC)c2N2CC(C)CC(C)C2)SC1=S. The van der Waals surface area contributed by atoms with E-state index >= 15 is 0 Å². The number of nitrogens with zero attached hydrogens (tertiary/aromatic N) is 4. The summed E-state index contributed by atoms with van der Waals surface area (Å²) in [7, 11) is 0. The molecule has 1 amide bonds. The van der Waals surface area contributed by atoms with Gasteiger partial charge in [-0.3, -0.25) is 19.1 Å². The molecule has 2 unspecified atom stereocenters. The van der Waals surface area contributed by atoms with E-state index in [-0.39, 0.29) is 17.0 Å². The predicted octanol–water partition coefficient (Wildman–Crippen LogP) is 4.16. The number of piperidine rings is 1. The molecule has 1 aromatic heterocycles. The second kappa shape index (κ2) is 11.5. The number of thioether (sulfide) groups is 1. The second-order valence-corrected chi connectivity index (χ2v) is 10.8. The van der Waals surface area contributed by atoms with Crippen LogP contribution in [-0.2, 0) is 16.1 Å². The van der Waals surface area contributed by atoms with Gasteiger partial charge in [-0.05, 0) is 57.1 Å². The van der Waals surface area contributed by atoms with Crippen molar-refractivity contribution in [1.82, 2.24) is 9.47 Å². The number of anilines is 1. The third-order valence-corrected chi connectivity index (χ3v) is 7.73. The lowest BCUT2D eigenvalue weighted by Gasteiger charge is -2.38. The molecule has 0 bridgehead atoms. The van der Waals surface area contributed by atoms with Crippen molar-refractivity contribution >= 4 is 46.1 Å². The van der Waals surface area contributed by atoms with E-state index in [4.69, 9.17) is 17.0 Å². The van der Waals surface area contributed by atoms with E-state index in [1.165, 1.54) is 11.8 Å². The summed E-state index contributed by atoms with van der Waals surface area (Å²) in [5.41, 5.74) is 1.22. The Morgan fingerprint density at radius 1 is 1.24 bits per heavy atom. The average Bonchev–Trinajstić information content (AvgIpc) is 3.05. The maximum Gasteiger partial charge on any atom is 0.270 e. The molecule has 0 spiro atoms. The molecule has 7 nitrogen and oxygen atoms in total. The van der Waals surface area contributed by atoms with E-state index in [1.807, 2.05) is 19.9 Å². The summed E-state index contributed by atoms with van der Waals surface area (Å²) < 4.78 is 7.60. The van der Waals surface area contributed by atoms with Crippen LogP contribution in [0.2, 0.25) is 0 Å². The van der Waals surface area contributed by atoms with Gasteiger partial charge in [-0.15, -0.1) is 0 Å². The zero-order valence-corrected chi connectivity index (χ0v) is 22.4. The Balaban J connectivity index is 2.09. The van der Waals surface area contributed by atoms with Gasteiger partial charge in [0.25, 0.3) is 11.5 Å². The number of carbonyl (C=O) groups is 1. The lowest BCUT2D eigenvalue weighted by atomic mass is 9.91.